The maximum absolute atomic E-state index is 13.0. The zero-order valence-corrected chi connectivity index (χ0v) is 19.8. The number of carbonyl (C=O) groups excluding carboxylic acids is 1. The van der Waals surface area contributed by atoms with Crippen molar-refractivity contribution in [3.8, 4) is 0 Å². The van der Waals surface area contributed by atoms with Gasteiger partial charge in [0, 0.05) is 29.7 Å². The van der Waals surface area contributed by atoms with Gasteiger partial charge >= 0.3 is 0 Å². The lowest BCUT2D eigenvalue weighted by Crippen LogP contribution is -2.42. The minimum Gasteiger partial charge on any atom is -0.339 e. The third-order valence-corrected chi connectivity index (χ3v) is 8.02. The van der Waals surface area contributed by atoms with Crippen LogP contribution < -0.4 is 0 Å². The molecule has 1 fully saturated rings. The molecule has 0 spiro atoms. The van der Waals surface area contributed by atoms with Gasteiger partial charge < -0.3 is 4.90 Å². The Kier molecular flexibility index (Phi) is 6.42. The SMILES string of the molecule is O=C(c1cccc(C(S/C=C\c2cncs2)(c2ccccc2)c2ccccc2)c1)N1CCC1. The van der Waals surface area contributed by atoms with E-state index in [2.05, 4.69) is 77.1 Å². The number of aromatic nitrogens is 1. The summed E-state index contributed by atoms with van der Waals surface area (Å²) >= 11 is 3.37. The largest absolute Gasteiger partial charge is 0.339 e. The normalized spacial score (nSPS) is 13.8. The van der Waals surface area contributed by atoms with Crippen LogP contribution in [0.1, 0.15) is 38.3 Å². The van der Waals surface area contributed by atoms with E-state index in [1.807, 2.05) is 40.9 Å². The van der Waals surface area contributed by atoms with E-state index in [4.69, 9.17) is 0 Å². The summed E-state index contributed by atoms with van der Waals surface area (Å²) in [6.07, 6.45) is 5.07. The molecule has 5 rings (SSSR count). The van der Waals surface area contributed by atoms with Crippen LogP contribution in [-0.4, -0.2) is 28.9 Å². The molecule has 0 N–H and O–H groups in total. The molecule has 1 aliphatic heterocycles. The first kappa shape index (κ1) is 21.7. The second-order valence-corrected chi connectivity index (χ2v) is 10.0. The molecule has 0 aliphatic carbocycles. The van der Waals surface area contributed by atoms with Gasteiger partial charge in [0.1, 0.15) is 0 Å². The van der Waals surface area contributed by atoms with Crippen LogP contribution in [0.25, 0.3) is 6.08 Å². The fraction of sp³-hybridized carbons (Fsp3) is 0.143. The summed E-state index contributed by atoms with van der Waals surface area (Å²) in [6, 6.07) is 29.2. The van der Waals surface area contributed by atoms with Crippen LogP contribution in [0.4, 0.5) is 0 Å². The van der Waals surface area contributed by atoms with E-state index in [1.165, 1.54) is 11.1 Å². The number of nitrogens with zero attached hydrogens (tertiary/aromatic N) is 2. The highest BCUT2D eigenvalue weighted by Gasteiger charge is 2.37. The molecular weight excluding hydrogens is 444 g/mol. The molecule has 164 valence electrons. The van der Waals surface area contributed by atoms with Crippen molar-refractivity contribution in [2.75, 3.05) is 13.1 Å². The van der Waals surface area contributed by atoms with Crippen molar-refractivity contribution in [2.24, 2.45) is 0 Å². The van der Waals surface area contributed by atoms with E-state index in [-0.39, 0.29) is 5.91 Å². The van der Waals surface area contributed by atoms with Crippen LogP contribution >= 0.6 is 23.1 Å². The Morgan fingerprint density at radius 2 is 1.58 bits per heavy atom. The Labute approximate surface area is 202 Å². The molecule has 4 aromatic rings. The summed E-state index contributed by atoms with van der Waals surface area (Å²) < 4.78 is -0.505. The van der Waals surface area contributed by atoms with Crippen LogP contribution in [-0.2, 0) is 4.75 Å². The molecular formula is C28H24N2OS2. The first-order valence-electron chi connectivity index (χ1n) is 11.0. The predicted octanol–water partition coefficient (Wildman–Crippen LogP) is 6.69. The number of likely N-dealkylation sites (tertiary alicyclic amines) is 1. The number of thiazole rings is 1. The Morgan fingerprint density at radius 1 is 0.909 bits per heavy atom. The highest BCUT2D eigenvalue weighted by atomic mass is 32.2. The number of benzene rings is 3. The molecule has 1 saturated heterocycles. The molecule has 5 heteroatoms. The van der Waals surface area contributed by atoms with Crippen molar-refractivity contribution < 1.29 is 4.79 Å². The first-order chi connectivity index (χ1) is 16.3. The maximum atomic E-state index is 13.0. The third kappa shape index (κ3) is 4.39. The van der Waals surface area contributed by atoms with E-state index >= 15 is 0 Å². The molecule has 2 heterocycles. The molecule has 0 unspecified atom stereocenters. The number of amides is 1. The van der Waals surface area contributed by atoms with Crippen molar-refractivity contribution in [1.29, 1.82) is 0 Å². The fourth-order valence-electron chi connectivity index (χ4n) is 4.13. The molecule has 0 radical (unpaired) electrons. The van der Waals surface area contributed by atoms with Gasteiger partial charge in [-0.1, -0.05) is 72.8 Å². The second-order valence-electron chi connectivity index (χ2n) is 7.96. The molecule has 1 amide bonds. The van der Waals surface area contributed by atoms with Crippen LogP contribution in [0.2, 0.25) is 0 Å². The molecule has 0 saturated carbocycles. The number of carbonyl (C=O) groups is 1. The van der Waals surface area contributed by atoms with E-state index < -0.39 is 4.75 Å². The molecule has 1 aromatic heterocycles. The lowest BCUT2D eigenvalue weighted by atomic mass is 9.83. The highest BCUT2D eigenvalue weighted by molar-refractivity contribution is 8.03. The Bertz CT molecular complexity index is 1190. The Hall–Kier alpha value is -3.15. The first-order valence-corrected chi connectivity index (χ1v) is 12.8. The van der Waals surface area contributed by atoms with Crippen molar-refractivity contribution in [2.45, 2.75) is 11.2 Å². The van der Waals surface area contributed by atoms with Gasteiger partial charge in [-0.3, -0.25) is 9.78 Å². The van der Waals surface area contributed by atoms with E-state index in [9.17, 15) is 4.79 Å². The highest BCUT2D eigenvalue weighted by Crippen LogP contribution is 2.49. The van der Waals surface area contributed by atoms with Gasteiger partial charge in [0.05, 0.1) is 10.3 Å². The van der Waals surface area contributed by atoms with Crippen molar-refractivity contribution in [3.63, 3.8) is 0 Å². The van der Waals surface area contributed by atoms with Crippen LogP contribution in [0, 0.1) is 0 Å². The molecule has 0 atom stereocenters. The summed E-state index contributed by atoms with van der Waals surface area (Å²) in [5.41, 5.74) is 6.02. The number of hydrogen-bond acceptors (Lipinski definition) is 4. The fourth-order valence-corrected chi connectivity index (χ4v) is 5.96. The van der Waals surface area contributed by atoms with Crippen LogP contribution in [0.15, 0.2) is 102 Å². The molecule has 1 aliphatic rings. The third-order valence-electron chi connectivity index (χ3n) is 5.95. The topological polar surface area (TPSA) is 33.2 Å². The number of thioether (sulfide) groups is 1. The van der Waals surface area contributed by atoms with Crippen LogP contribution in [0.5, 0.6) is 0 Å². The van der Waals surface area contributed by atoms with E-state index in [0.717, 1.165) is 35.5 Å². The Morgan fingerprint density at radius 3 is 2.15 bits per heavy atom. The molecule has 3 aromatic carbocycles. The van der Waals surface area contributed by atoms with Crippen molar-refractivity contribution in [3.05, 3.63) is 129 Å². The second kappa shape index (κ2) is 9.77. The van der Waals surface area contributed by atoms with Gasteiger partial charge in [-0.2, -0.15) is 0 Å². The summed E-state index contributed by atoms with van der Waals surface area (Å²) in [5, 5.41) is 2.15. The van der Waals surface area contributed by atoms with Gasteiger partial charge in [0.2, 0.25) is 0 Å². The number of hydrogen-bond donors (Lipinski definition) is 0. The monoisotopic (exact) mass is 468 g/mol. The molecule has 0 bridgehead atoms. The molecule has 3 nitrogen and oxygen atoms in total. The number of rotatable bonds is 7. The minimum atomic E-state index is -0.505. The quantitative estimate of drug-likeness (QED) is 0.284. The molecule has 33 heavy (non-hydrogen) atoms. The lowest BCUT2D eigenvalue weighted by Gasteiger charge is -2.35. The van der Waals surface area contributed by atoms with Crippen molar-refractivity contribution in [1.82, 2.24) is 9.88 Å². The van der Waals surface area contributed by atoms with Crippen molar-refractivity contribution >= 4 is 35.1 Å². The zero-order chi connectivity index (χ0) is 22.5. The average molecular weight is 469 g/mol. The minimum absolute atomic E-state index is 0.114. The van der Waals surface area contributed by atoms with Gasteiger partial charge in [0.15, 0.2) is 0 Å². The average Bonchev–Trinajstić information content (AvgIpc) is 3.36. The van der Waals surface area contributed by atoms with E-state index in [1.54, 1.807) is 23.1 Å². The van der Waals surface area contributed by atoms with E-state index in [0.29, 0.717) is 0 Å². The summed E-state index contributed by atoms with van der Waals surface area (Å²) in [6.45, 7) is 1.69. The van der Waals surface area contributed by atoms with Gasteiger partial charge in [-0.15, -0.1) is 23.1 Å². The zero-order valence-electron chi connectivity index (χ0n) is 18.1. The summed E-state index contributed by atoms with van der Waals surface area (Å²) in [7, 11) is 0. The standard InChI is InChI=1S/C28H24N2OS2/c31-27(30-16-8-17-30)22-9-7-14-25(19-22)28(23-10-3-1-4-11-23,24-12-5-2-6-13-24)33-18-15-26-20-29-21-32-26/h1-7,9-15,18-21H,8,16-17H2/b18-15-. The van der Waals surface area contributed by atoms with Crippen LogP contribution in [0.3, 0.4) is 0 Å². The smallest absolute Gasteiger partial charge is 0.253 e. The summed E-state index contributed by atoms with van der Waals surface area (Å²) in [5.74, 6) is 0.114. The van der Waals surface area contributed by atoms with Gasteiger partial charge in [-0.05, 0) is 46.7 Å². The summed E-state index contributed by atoms with van der Waals surface area (Å²) in [4.78, 5) is 20.3. The lowest BCUT2D eigenvalue weighted by molar-refractivity contribution is 0.0651. The van der Waals surface area contributed by atoms with Gasteiger partial charge in [0.25, 0.3) is 5.91 Å². The maximum Gasteiger partial charge on any atom is 0.253 e. The van der Waals surface area contributed by atoms with Gasteiger partial charge in [-0.25, -0.2) is 0 Å². The Balaban J connectivity index is 1.66. The predicted molar refractivity (Wildman–Crippen MR) is 138 cm³/mol.